The Labute approximate surface area is 176 Å². The molecule has 3 aromatic rings. The minimum Gasteiger partial charge on any atom is -0.493 e. The first kappa shape index (κ1) is 20.0. The maximum absolute atomic E-state index is 12.6. The molecular formula is C25H25NO4. The van der Waals surface area contributed by atoms with E-state index in [9.17, 15) is 4.79 Å². The predicted molar refractivity (Wildman–Crippen MR) is 116 cm³/mol. The Morgan fingerprint density at radius 2 is 1.80 bits per heavy atom. The van der Waals surface area contributed by atoms with Gasteiger partial charge in [0.05, 0.1) is 18.8 Å². The number of carbonyl (C=O) groups is 1. The van der Waals surface area contributed by atoms with Crippen molar-refractivity contribution in [2.24, 2.45) is 0 Å². The molecule has 1 N–H and O–H groups in total. The second-order valence-electron chi connectivity index (χ2n) is 7.14. The standard InChI is InChI=1S/C25H25NO4/c1-28-14-15-30-24-5-3-2-4-22(24)25(27)26-17-18-6-8-19(9-7-18)20-10-11-23-21(16-20)12-13-29-23/h2-11,16H,12-15,17H2,1H3,(H,26,27). The Hall–Kier alpha value is -3.31. The van der Waals surface area contributed by atoms with Crippen molar-refractivity contribution in [2.45, 2.75) is 13.0 Å². The van der Waals surface area contributed by atoms with Gasteiger partial charge in [0.2, 0.25) is 0 Å². The van der Waals surface area contributed by atoms with Crippen molar-refractivity contribution in [2.75, 3.05) is 26.9 Å². The molecule has 0 saturated carbocycles. The molecule has 0 aliphatic carbocycles. The Morgan fingerprint density at radius 1 is 1.00 bits per heavy atom. The molecule has 0 spiro atoms. The van der Waals surface area contributed by atoms with E-state index in [2.05, 4.69) is 29.6 Å². The highest BCUT2D eigenvalue weighted by Crippen LogP contribution is 2.30. The van der Waals surface area contributed by atoms with Gasteiger partial charge in [0.15, 0.2) is 0 Å². The van der Waals surface area contributed by atoms with Gasteiger partial charge in [-0.25, -0.2) is 0 Å². The number of hydrogen-bond acceptors (Lipinski definition) is 4. The molecule has 1 amide bonds. The van der Waals surface area contributed by atoms with Crippen LogP contribution in [-0.2, 0) is 17.7 Å². The average Bonchev–Trinajstić information content (AvgIpc) is 3.26. The lowest BCUT2D eigenvalue weighted by Crippen LogP contribution is -2.23. The lowest BCUT2D eigenvalue weighted by molar-refractivity contribution is 0.0943. The van der Waals surface area contributed by atoms with Crippen molar-refractivity contribution in [1.82, 2.24) is 5.32 Å². The number of amides is 1. The first-order valence-corrected chi connectivity index (χ1v) is 10.1. The lowest BCUT2D eigenvalue weighted by atomic mass is 10.0. The van der Waals surface area contributed by atoms with Gasteiger partial charge < -0.3 is 19.5 Å². The number of ether oxygens (including phenoxy) is 3. The Morgan fingerprint density at radius 3 is 2.63 bits per heavy atom. The van der Waals surface area contributed by atoms with Crippen molar-refractivity contribution in [3.05, 3.63) is 83.4 Å². The van der Waals surface area contributed by atoms with E-state index >= 15 is 0 Å². The second-order valence-corrected chi connectivity index (χ2v) is 7.14. The Bertz CT molecular complexity index is 1010. The van der Waals surface area contributed by atoms with Crippen LogP contribution in [0.4, 0.5) is 0 Å². The minimum absolute atomic E-state index is 0.161. The van der Waals surface area contributed by atoms with Gasteiger partial charge in [-0.2, -0.15) is 0 Å². The molecule has 1 aliphatic heterocycles. The van der Waals surface area contributed by atoms with Crippen LogP contribution in [0.2, 0.25) is 0 Å². The molecule has 5 nitrogen and oxygen atoms in total. The molecule has 1 aliphatic rings. The van der Waals surface area contributed by atoms with Gasteiger partial charge in [-0.1, -0.05) is 42.5 Å². The first-order valence-electron chi connectivity index (χ1n) is 10.1. The van der Waals surface area contributed by atoms with Crippen LogP contribution >= 0.6 is 0 Å². The molecule has 30 heavy (non-hydrogen) atoms. The predicted octanol–water partition coefficient (Wildman–Crippen LogP) is 4.24. The molecule has 154 valence electrons. The van der Waals surface area contributed by atoms with Crippen LogP contribution in [0.5, 0.6) is 11.5 Å². The van der Waals surface area contributed by atoms with E-state index in [1.54, 1.807) is 19.2 Å². The smallest absolute Gasteiger partial charge is 0.255 e. The highest BCUT2D eigenvalue weighted by atomic mass is 16.5. The van der Waals surface area contributed by atoms with Gasteiger partial charge in [0.1, 0.15) is 18.1 Å². The number of carbonyl (C=O) groups excluding carboxylic acids is 1. The topological polar surface area (TPSA) is 56.8 Å². The molecule has 0 unspecified atom stereocenters. The Balaban J connectivity index is 1.38. The van der Waals surface area contributed by atoms with Gasteiger partial charge >= 0.3 is 0 Å². The summed E-state index contributed by atoms with van der Waals surface area (Å²) in [6.45, 7) is 2.08. The number of para-hydroxylation sites is 1. The fraction of sp³-hybridized carbons (Fsp3) is 0.240. The van der Waals surface area contributed by atoms with Gasteiger partial charge in [0.25, 0.3) is 5.91 Å². The number of hydrogen-bond donors (Lipinski definition) is 1. The first-order chi connectivity index (χ1) is 14.7. The number of fused-ring (bicyclic) bond motifs is 1. The summed E-state index contributed by atoms with van der Waals surface area (Å²) in [7, 11) is 1.62. The van der Waals surface area contributed by atoms with Gasteiger partial charge in [-0.15, -0.1) is 0 Å². The molecule has 4 rings (SSSR count). The molecule has 0 atom stereocenters. The molecule has 5 heteroatoms. The van der Waals surface area contributed by atoms with E-state index in [0.717, 1.165) is 29.9 Å². The van der Waals surface area contributed by atoms with Crippen molar-refractivity contribution in [3.8, 4) is 22.6 Å². The fourth-order valence-electron chi connectivity index (χ4n) is 3.47. The van der Waals surface area contributed by atoms with Gasteiger partial charge in [-0.05, 0) is 46.5 Å². The third-order valence-electron chi connectivity index (χ3n) is 5.11. The largest absolute Gasteiger partial charge is 0.493 e. The van der Waals surface area contributed by atoms with Crippen LogP contribution in [0.25, 0.3) is 11.1 Å². The molecule has 1 heterocycles. The maximum Gasteiger partial charge on any atom is 0.255 e. The second kappa shape index (κ2) is 9.46. The summed E-state index contributed by atoms with van der Waals surface area (Å²) >= 11 is 0. The lowest BCUT2D eigenvalue weighted by Gasteiger charge is -2.12. The summed E-state index contributed by atoms with van der Waals surface area (Å²) in [6.07, 6.45) is 0.962. The molecular weight excluding hydrogens is 378 g/mol. The summed E-state index contributed by atoms with van der Waals surface area (Å²) in [4.78, 5) is 12.6. The third-order valence-corrected chi connectivity index (χ3v) is 5.11. The van der Waals surface area contributed by atoms with Crippen LogP contribution < -0.4 is 14.8 Å². The van der Waals surface area contributed by atoms with Gasteiger partial charge in [0, 0.05) is 20.1 Å². The summed E-state index contributed by atoms with van der Waals surface area (Å²) in [5, 5.41) is 2.97. The minimum atomic E-state index is -0.161. The number of methoxy groups -OCH3 is 1. The number of nitrogens with one attached hydrogen (secondary N) is 1. The highest BCUT2D eigenvalue weighted by Gasteiger charge is 2.13. The van der Waals surface area contributed by atoms with Crippen molar-refractivity contribution < 1.29 is 19.0 Å². The highest BCUT2D eigenvalue weighted by molar-refractivity contribution is 5.96. The molecule has 0 fully saturated rings. The zero-order valence-corrected chi connectivity index (χ0v) is 17.0. The number of benzene rings is 3. The number of rotatable bonds is 8. The van der Waals surface area contributed by atoms with E-state index in [1.807, 2.05) is 30.3 Å². The van der Waals surface area contributed by atoms with Crippen LogP contribution in [0.15, 0.2) is 66.7 Å². The summed E-state index contributed by atoms with van der Waals surface area (Å²) < 4.78 is 16.2. The normalized spacial score (nSPS) is 12.2. The monoisotopic (exact) mass is 403 g/mol. The van der Waals surface area contributed by atoms with E-state index in [1.165, 1.54) is 11.1 Å². The molecule has 0 saturated heterocycles. The van der Waals surface area contributed by atoms with Crippen molar-refractivity contribution in [1.29, 1.82) is 0 Å². The molecule has 0 radical (unpaired) electrons. The zero-order valence-electron chi connectivity index (χ0n) is 17.0. The van der Waals surface area contributed by atoms with Crippen molar-refractivity contribution >= 4 is 5.91 Å². The van der Waals surface area contributed by atoms with E-state index in [0.29, 0.717) is 31.1 Å². The fourth-order valence-corrected chi connectivity index (χ4v) is 3.47. The molecule has 0 aromatic heterocycles. The maximum atomic E-state index is 12.6. The third kappa shape index (κ3) is 4.63. The summed E-state index contributed by atoms with van der Waals surface area (Å²) in [5.41, 5.74) is 5.14. The average molecular weight is 403 g/mol. The van der Waals surface area contributed by atoms with E-state index in [4.69, 9.17) is 14.2 Å². The summed E-state index contributed by atoms with van der Waals surface area (Å²) in [6, 6.07) is 21.8. The summed E-state index contributed by atoms with van der Waals surface area (Å²) in [5.74, 6) is 1.39. The molecule has 3 aromatic carbocycles. The zero-order chi connectivity index (χ0) is 20.8. The molecule has 0 bridgehead atoms. The van der Waals surface area contributed by atoms with Gasteiger partial charge in [-0.3, -0.25) is 4.79 Å². The van der Waals surface area contributed by atoms with Crippen molar-refractivity contribution in [3.63, 3.8) is 0 Å². The van der Waals surface area contributed by atoms with Crippen LogP contribution in [0.1, 0.15) is 21.5 Å². The SMILES string of the molecule is COCCOc1ccccc1C(=O)NCc1ccc(-c2ccc3c(c2)CCO3)cc1. The van der Waals surface area contributed by atoms with Crippen LogP contribution in [0.3, 0.4) is 0 Å². The van der Waals surface area contributed by atoms with Crippen LogP contribution in [-0.4, -0.2) is 32.8 Å². The van der Waals surface area contributed by atoms with E-state index < -0.39 is 0 Å². The van der Waals surface area contributed by atoms with Crippen LogP contribution in [0, 0.1) is 0 Å². The van der Waals surface area contributed by atoms with E-state index in [-0.39, 0.29) is 5.91 Å². The quantitative estimate of drug-likeness (QED) is 0.572. The Kier molecular flexibility index (Phi) is 6.30.